The molecular weight excluding hydrogens is 210 g/mol. The van der Waals surface area contributed by atoms with E-state index in [9.17, 15) is 0 Å². The summed E-state index contributed by atoms with van der Waals surface area (Å²) in [6, 6.07) is 8.46. The Labute approximate surface area is 104 Å². The molecule has 1 aromatic rings. The van der Waals surface area contributed by atoms with Crippen molar-refractivity contribution in [2.24, 2.45) is 5.41 Å². The molecule has 0 bridgehead atoms. The number of hydrogen-bond acceptors (Lipinski definition) is 2. The number of benzene rings is 1. The van der Waals surface area contributed by atoms with Crippen LogP contribution in [0.1, 0.15) is 31.7 Å². The Morgan fingerprint density at radius 1 is 1.29 bits per heavy atom. The molecule has 1 fully saturated rings. The summed E-state index contributed by atoms with van der Waals surface area (Å²) in [5.41, 5.74) is 1.90. The lowest BCUT2D eigenvalue weighted by atomic mass is 9.78. The highest BCUT2D eigenvalue weighted by Crippen LogP contribution is 2.30. The van der Waals surface area contributed by atoms with Crippen molar-refractivity contribution in [3.05, 3.63) is 29.8 Å². The lowest BCUT2D eigenvalue weighted by Crippen LogP contribution is -2.38. The van der Waals surface area contributed by atoms with Gasteiger partial charge in [0, 0.05) is 6.54 Å². The van der Waals surface area contributed by atoms with E-state index in [4.69, 9.17) is 4.74 Å². The fraction of sp³-hybridized carbons (Fsp3) is 0.600. The third-order valence-corrected chi connectivity index (χ3v) is 3.86. The molecule has 17 heavy (non-hydrogen) atoms. The van der Waals surface area contributed by atoms with Gasteiger partial charge in [-0.3, -0.25) is 0 Å². The van der Waals surface area contributed by atoms with Crippen molar-refractivity contribution < 1.29 is 4.74 Å². The van der Waals surface area contributed by atoms with Crippen LogP contribution >= 0.6 is 0 Å². The van der Waals surface area contributed by atoms with Crippen LogP contribution in [0.2, 0.25) is 0 Å². The van der Waals surface area contributed by atoms with Crippen LogP contribution < -0.4 is 10.1 Å². The van der Waals surface area contributed by atoms with Crippen LogP contribution in [0.4, 0.5) is 0 Å². The van der Waals surface area contributed by atoms with E-state index in [0.29, 0.717) is 5.41 Å². The van der Waals surface area contributed by atoms with E-state index in [0.717, 1.165) is 5.75 Å². The smallest absolute Gasteiger partial charge is 0.118 e. The van der Waals surface area contributed by atoms with E-state index < -0.39 is 0 Å². The summed E-state index contributed by atoms with van der Waals surface area (Å²) >= 11 is 0. The van der Waals surface area contributed by atoms with Crippen LogP contribution in [-0.4, -0.2) is 20.2 Å². The topological polar surface area (TPSA) is 21.3 Å². The maximum absolute atomic E-state index is 5.17. The monoisotopic (exact) mass is 233 g/mol. The molecule has 1 aliphatic heterocycles. The number of ether oxygens (including phenoxy) is 1. The fourth-order valence-electron chi connectivity index (χ4n) is 2.57. The highest BCUT2D eigenvalue weighted by atomic mass is 16.5. The largest absolute Gasteiger partial charge is 0.497 e. The van der Waals surface area contributed by atoms with E-state index in [1.165, 1.54) is 44.3 Å². The number of nitrogens with one attached hydrogen (secondary N) is 1. The van der Waals surface area contributed by atoms with E-state index in [1.54, 1.807) is 7.11 Å². The molecule has 1 N–H and O–H groups in total. The molecule has 1 atom stereocenters. The summed E-state index contributed by atoms with van der Waals surface area (Å²) < 4.78 is 5.17. The van der Waals surface area contributed by atoms with Crippen LogP contribution in [-0.2, 0) is 6.42 Å². The summed E-state index contributed by atoms with van der Waals surface area (Å²) in [4.78, 5) is 0. The van der Waals surface area contributed by atoms with E-state index >= 15 is 0 Å². The summed E-state index contributed by atoms with van der Waals surface area (Å²) in [5.74, 6) is 0.944. The first-order valence-electron chi connectivity index (χ1n) is 6.56. The van der Waals surface area contributed by atoms with Gasteiger partial charge in [0.25, 0.3) is 0 Å². The predicted molar refractivity (Wildman–Crippen MR) is 71.5 cm³/mol. The van der Waals surface area contributed by atoms with Crippen molar-refractivity contribution in [2.45, 2.75) is 32.6 Å². The summed E-state index contributed by atoms with van der Waals surface area (Å²) in [5, 5.41) is 3.51. The van der Waals surface area contributed by atoms with E-state index in [2.05, 4.69) is 36.5 Å². The molecule has 94 valence electrons. The number of hydrogen-bond donors (Lipinski definition) is 1. The molecule has 1 aliphatic rings. The molecule has 2 rings (SSSR count). The highest BCUT2D eigenvalue weighted by Gasteiger charge is 2.25. The van der Waals surface area contributed by atoms with Gasteiger partial charge in [0.2, 0.25) is 0 Å². The summed E-state index contributed by atoms with van der Waals surface area (Å²) in [6.45, 7) is 4.77. The first-order chi connectivity index (χ1) is 8.22. The first-order valence-corrected chi connectivity index (χ1v) is 6.56. The molecule has 1 aromatic carbocycles. The van der Waals surface area contributed by atoms with Gasteiger partial charge in [-0.1, -0.05) is 19.1 Å². The molecule has 0 radical (unpaired) electrons. The molecule has 0 aliphatic carbocycles. The normalized spacial score (nSPS) is 24.6. The minimum atomic E-state index is 0.484. The molecule has 0 aromatic heterocycles. The third kappa shape index (κ3) is 3.47. The molecule has 0 amide bonds. The minimum absolute atomic E-state index is 0.484. The van der Waals surface area contributed by atoms with Gasteiger partial charge in [-0.2, -0.15) is 0 Å². The molecule has 2 nitrogen and oxygen atoms in total. The second kappa shape index (κ2) is 5.54. The van der Waals surface area contributed by atoms with Crippen molar-refractivity contribution in [1.82, 2.24) is 5.32 Å². The van der Waals surface area contributed by atoms with Crippen LogP contribution in [0.15, 0.2) is 24.3 Å². The Bertz CT molecular complexity index is 338. The molecule has 1 unspecified atom stereocenters. The quantitative estimate of drug-likeness (QED) is 0.863. The van der Waals surface area contributed by atoms with Gasteiger partial charge >= 0.3 is 0 Å². The molecule has 1 saturated heterocycles. The van der Waals surface area contributed by atoms with Gasteiger partial charge in [-0.15, -0.1) is 0 Å². The number of aryl methyl sites for hydroxylation is 1. The molecule has 0 spiro atoms. The zero-order valence-electron chi connectivity index (χ0n) is 11.0. The number of piperidine rings is 1. The Hall–Kier alpha value is -1.02. The second-order valence-corrected chi connectivity index (χ2v) is 5.44. The van der Waals surface area contributed by atoms with Crippen molar-refractivity contribution >= 4 is 0 Å². The average molecular weight is 233 g/mol. The lowest BCUT2D eigenvalue weighted by molar-refractivity contribution is 0.218. The summed E-state index contributed by atoms with van der Waals surface area (Å²) in [6.07, 6.45) is 5.11. The Kier molecular flexibility index (Phi) is 4.06. The van der Waals surface area contributed by atoms with Crippen molar-refractivity contribution in [3.8, 4) is 5.75 Å². The van der Waals surface area contributed by atoms with Gasteiger partial charge in [0.15, 0.2) is 0 Å². The Morgan fingerprint density at radius 2 is 2.06 bits per heavy atom. The standard InChI is InChI=1S/C15H23NO/c1-15(9-3-11-16-12-15)10-8-13-4-6-14(17-2)7-5-13/h4-7,16H,3,8-12H2,1-2H3. The molecule has 2 heteroatoms. The molecular formula is C15H23NO. The van der Waals surface area contributed by atoms with Gasteiger partial charge < -0.3 is 10.1 Å². The Morgan fingerprint density at radius 3 is 2.65 bits per heavy atom. The lowest BCUT2D eigenvalue weighted by Gasteiger charge is -2.34. The van der Waals surface area contributed by atoms with Gasteiger partial charge in [0.1, 0.15) is 5.75 Å². The van der Waals surface area contributed by atoms with Gasteiger partial charge in [0.05, 0.1) is 7.11 Å². The van der Waals surface area contributed by atoms with Gasteiger partial charge in [-0.25, -0.2) is 0 Å². The third-order valence-electron chi connectivity index (χ3n) is 3.86. The van der Waals surface area contributed by atoms with Crippen LogP contribution in [0.25, 0.3) is 0 Å². The SMILES string of the molecule is COc1ccc(CCC2(C)CCCNC2)cc1. The molecule has 0 saturated carbocycles. The second-order valence-electron chi connectivity index (χ2n) is 5.44. The van der Waals surface area contributed by atoms with Crippen molar-refractivity contribution in [2.75, 3.05) is 20.2 Å². The van der Waals surface area contributed by atoms with Crippen molar-refractivity contribution in [1.29, 1.82) is 0 Å². The van der Waals surface area contributed by atoms with E-state index in [-0.39, 0.29) is 0 Å². The predicted octanol–water partition coefficient (Wildman–Crippen LogP) is 3.02. The fourth-order valence-corrected chi connectivity index (χ4v) is 2.57. The maximum Gasteiger partial charge on any atom is 0.118 e. The average Bonchev–Trinajstić information content (AvgIpc) is 2.38. The van der Waals surface area contributed by atoms with Crippen molar-refractivity contribution in [3.63, 3.8) is 0 Å². The zero-order valence-corrected chi connectivity index (χ0v) is 11.0. The summed E-state index contributed by atoms with van der Waals surface area (Å²) in [7, 11) is 1.71. The van der Waals surface area contributed by atoms with Crippen LogP contribution in [0.3, 0.4) is 0 Å². The van der Waals surface area contributed by atoms with E-state index in [1.807, 2.05) is 0 Å². The van der Waals surface area contributed by atoms with Crippen LogP contribution in [0.5, 0.6) is 5.75 Å². The number of methoxy groups -OCH3 is 1. The maximum atomic E-state index is 5.17. The molecule has 1 heterocycles. The minimum Gasteiger partial charge on any atom is -0.497 e. The highest BCUT2D eigenvalue weighted by molar-refractivity contribution is 5.27. The van der Waals surface area contributed by atoms with Crippen LogP contribution in [0, 0.1) is 5.41 Å². The zero-order chi connectivity index (χ0) is 12.1. The van der Waals surface area contributed by atoms with Gasteiger partial charge in [-0.05, 0) is 55.3 Å². The first kappa shape index (κ1) is 12.4. The number of rotatable bonds is 4. The Balaban J connectivity index is 1.87.